The number of benzene rings is 2. The second kappa shape index (κ2) is 14.3. The third-order valence-electron chi connectivity index (χ3n) is 7.18. The van der Waals surface area contributed by atoms with E-state index in [1.165, 1.54) is 22.7 Å². The van der Waals surface area contributed by atoms with Crippen LogP contribution in [0.1, 0.15) is 49.7 Å². The number of ether oxygens (including phenoxy) is 2. The average Bonchev–Trinajstić information content (AvgIpc) is 3.52. The highest BCUT2D eigenvalue weighted by molar-refractivity contribution is 7.13. The summed E-state index contributed by atoms with van der Waals surface area (Å²) in [4.78, 5) is 31.3. The summed E-state index contributed by atoms with van der Waals surface area (Å²) >= 11 is 1.11. The van der Waals surface area contributed by atoms with Crippen LogP contribution in [0.3, 0.4) is 0 Å². The van der Waals surface area contributed by atoms with Gasteiger partial charge in [0.25, 0.3) is 5.91 Å². The van der Waals surface area contributed by atoms with Gasteiger partial charge >= 0.3 is 12.3 Å². The van der Waals surface area contributed by atoms with Gasteiger partial charge in [0.1, 0.15) is 33.4 Å². The lowest BCUT2D eigenvalue weighted by atomic mass is 9.96. The minimum Gasteiger partial charge on any atom is -0.450 e. The van der Waals surface area contributed by atoms with Crippen LogP contribution in [-0.4, -0.2) is 52.4 Å². The summed E-state index contributed by atoms with van der Waals surface area (Å²) in [5.74, 6) is -7.81. The zero-order valence-corrected chi connectivity index (χ0v) is 27.1. The summed E-state index contributed by atoms with van der Waals surface area (Å²) in [5.41, 5.74) is -2.54. The molecule has 0 unspecified atom stereocenters. The normalized spacial score (nSPS) is 15.1. The summed E-state index contributed by atoms with van der Waals surface area (Å²) in [6, 6.07) is 4.10. The monoisotopic (exact) mass is 708 g/mol. The Kier molecular flexibility index (Phi) is 10.3. The van der Waals surface area contributed by atoms with Crippen molar-refractivity contribution in [1.29, 1.82) is 0 Å². The van der Waals surface area contributed by atoms with Crippen LogP contribution in [0.25, 0.3) is 10.6 Å². The van der Waals surface area contributed by atoms with Crippen LogP contribution in [0.2, 0.25) is 0 Å². The standard InChI is InChI=1S/C32H30F6N6O4S/c1-31(2,3)48-30(46)39-13-17-5-4-10-44(15-17)26-22(42-28(45)23-16-49-29(43-23)18-8-9-40-41-14-18)6-7-24(25(26)32(36,37)38)47-27-20(34)11-19(33)12-21(27)35/h6-9,11-12,14,16-17H,4-5,10,13,15H2,1-3H3,(H,39,46)(H,42,45)/t17-/m0/s1. The number of hydrogen-bond donors (Lipinski definition) is 2. The Morgan fingerprint density at radius 2 is 1.80 bits per heavy atom. The second-order valence-electron chi connectivity index (χ2n) is 12.1. The minimum absolute atomic E-state index is 0.0135. The number of aromatic nitrogens is 3. The fraction of sp³-hybridized carbons (Fsp3) is 0.344. The number of nitrogens with zero attached hydrogens (tertiary/aromatic N) is 4. The number of rotatable bonds is 8. The van der Waals surface area contributed by atoms with Crippen LogP contribution in [0.15, 0.2) is 48.1 Å². The van der Waals surface area contributed by atoms with Gasteiger partial charge < -0.3 is 25.0 Å². The van der Waals surface area contributed by atoms with Gasteiger partial charge in [-0.25, -0.2) is 22.9 Å². The second-order valence-corrected chi connectivity index (χ2v) is 13.0. The Morgan fingerprint density at radius 1 is 1.06 bits per heavy atom. The molecule has 2 N–H and O–H groups in total. The summed E-state index contributed by atoms with van der Waals surface area (Å²) in [5, 5.41) is 14.4. The number of anilines is 2. The molecule has 1 saturated heterocycles. The number of alkyl carbamates (subject to hydrolysis) is 1. The van der Waals surface area contributed by atoms with E-state index >= 15 is 13.2 Å². The van der Waals surface area contributed by atoms with Gasteiger partial charge in [-0.1, -0.05) is 0 Å². The van der Waals surface area contributed by atoms with Crippen molar-refractivity contribution < 1.29 is 45.4 Å². The van der Waals surface area contributed by atoms with Crippen molar-refractivity contribution in [2.24, 2.45) is 5.92 Å². The van der Waals surface area contributed by atoms with Gasteiger partial charge in [-0.2, -0.15) is 23.4 Å². The molecule has 0 radical (unpaired) electrons. The predicted molar refractivity (Wildman–Crippen MR) is 168 cm³/mol. The maximum atomic E-state index is 15.0. The summed E-state index contributed by atoms with van der Waals surface area (Å²) in [7, 11) is 0. The number of amides is 2. The van der Waals surface area contributed by atoms with Crippen molar-refractivity contribution in [3.8, 4) is 22.1 Å². The van der Waals surface area contributed by atoms with Crippen molar-refractivity contribution in [3.05, 3.63) is 76.8 Å². The van der Waals surface area contributed by atoms with Crippen LogP contribution in [0.4, 0.5) is 42.5 Å². The van der Waals surface area contributed by atoms with E-state index in [0.717, 1.165) is 23.5 Å². The van der Waals surface area contributed by atoms with E-state index in [-0.39, 0.29) is 49.1 Å². The van der Waals surface area contributed by atoms with Crippen molar-refractivity contribution in [1.82, 2.24) is 20.5 Å². The Hall–Kier alpha value is -4.93. The quantitative estimate of drug-likeness (QED) is 0.178. The summed E-state index contributed by atoms with van der Waals surface area (Å²) in [6.45, 7) is 5.21. The van der Waals surface area contributed by atoms with E-state index < -0.39 is 64.0 Å². The number of halogens is 6. The highest BCUT2D eigenvalue weighted by Gasteiger charge is 2.42. The minimum atomic E-state index is -5.18. The third kappa shape index (κ3) is 8.76. The van der Waals surface area contributed by atoms with Crippen molar-refractivity contribution >= 4 is 34.7 Å². The number of carbonyl (C=O) groups excluding carboxylic acids is 2. The zero-order valence-electron chi connectivity index (χ0n) is 26.3. The van der Waals surface area contributed by atoms with E-state index in [9.17, 15) is 22.8 Å². The molecule has 10 nitrogen and oxygen atoms in total. The van der Waals surface area contributed by atoms with Crippen LogP contribution in [0.5, 0.6) is 11.5 Å². The largest absolute Gasteiger partial charge is 0.450 e. The van der Waals surface area contributed by atoms with Gasteiger partial charge in [0.15, 0.2) is 17.4 Å². The number of hydrogen-bond acceptors (Lipinski definition) is 9. The first-order chi connectivity index (χ1) is 23.1. The van der Waals surface area contributed by atoms with Gasteiger partial charge in [-0.15, -0.1) is 11.3 Å². The Bertz CT molecular complexity index is 1810. The number of nitrogens with one attached hydrogen (secondary N) is 2. The van der Waals surface area contributed by atoms with Gasteiger partial charge in [-0.05, 0) is 57.7 Å². The lowest BCUT2D eigenvalue weighted by Crippen LogP contribution is -2.43. The maximum Gasteiger partial charge on any atom is 0.422 e. The third-order valence-corrected chi connectivity index (χ3v) is 8.08. The first kappa shape index (κ1) is 35.4. The van der Waals surface area contributed by atoms with Gasteiger partial charge in [0.2, 0.25) is 0 Å². The molecule has 17 heteroatoms. The molecule has 1 atom stereocenters. The fourth-order valence-corrected chi connectivity index (χ4v) is 5.98. The van der Waals surface area contributed by atoms with E-state index in [1.54, 1.807) is 26.8 Å². The molecule has 1 aliphatic rings. The van der Waals surface area contributed by atoms with E-state index in [2.05, 4.69) is 25.8 Å². The molecule has 4 aromatic rings. The molecule has 0 spiro atoms. The molecule has 0 aliphatic carbocycles. The Balaban J connectivity index is 1.53. The van der Waals surface area contributed by atoms with E-state index in [0.29, 0.717) is 23.4 Å². The highest BCUT2D eigenvalue weighted by atomic mass is 32.1. The van der Waals surface area contributed by atoms with Crippen molar-refractivity contribution in [2.75, 3.05) is 29.9 Å². The molecule has 1 aliphatic heterocycles. The van der Waals surface area contributed by atoms with Crippen molar-refractivity contribution in [2.45, 2.75) is 45.4 Å². The molecule has 2 aromatic heterocycles. The van der Waals surface area contributed by atoms with Gasteiger partial charge in [-0.3, -0.25) is 4.79 Å². The number of carbonyl (C=O) groups is 2. The summed E-state index contributed by atoms with van der Waals surface area (Å²) in [6.07, 6.45) is -2.07. The fourth-order valence-electron chi connectivity index (χ4n) is 5.19. The molecule has 49 heavy (non-hydrogen) atoms. The first-order valence-electron chi connectivity index (χ1n) is 14.9. The molecule has 2 amide bonds. The first-order valence-corrected chi connectivity index (χ1v) is 15.8. The molecule has 0 bridgehead atoms. The Morgan fingerprint density at radius 3 is 2.45 bits per heavy atom. The molecular formula is C32H30F6N6O4S. The molecule has 2 aromatic carbocycles. The van der Waals surface area contributed by atoms with Crippen LogP contribution in [0, 0.1) is 23.4 Å². The molecular weight excluding hydrogens is 678 g/mol. The Labute approximate surface area is 280 Å². The topological polar surface area (TPSA) is 119 Å². The number of thiazole rings is 1. The van der Waals surface area contributed by atoms with Gasteiger partial charge in [0, 0.05) is 42.7 Å². The lowest BCUT2D eigenvalue weighted by molar-refractivity contribution is -0.138. The summed E-state index contributed by atoms with van der Waals surface area (Å²) < 4.78 is 98.1. The van der Waals surface area contributed by atoms with Gasteiger partial charge in [0.05, 0.1) is 23.8 Å². The highest BCUT2D eigenvalue weighted by Crippen LogP contribution is 2.49. The van der Waals surface area contributed by atoms with E-state index in [4.69, 9.17) is 9.47 Å². The molecule has 1 fully saturated rings. The predicted octanol–water partition coefficient (Wildman–Crippen LogP) is 7.82. The molecule has 3 heterocycles. The number of alkyl halides is 3. The average molecular weight is 709 g/mol. The molecule has 0 saturated carbocycles. The smallest absolute Gasteiger partial charge is 0.422 e. The van der Waals surface area contributed by atoms with Crippen LogP contribution < -0.4 is 20.3 Å². The maximum absolute atomic E-state index is 15.0. The van der Waals surface area contributed by atoms with E-state index in [1.807, 2.05) is 0 Å². The van der Waals surface area contributed by atoms with Crippen LogP contribution >= 0.6 is 11.3 Å². The molecule has 5 rings (SSSR count). The van der Waals surface area contributed by atoms with Crippen molar-refractivity contribution in [3.63, 3.8) is 0 Å². The lowest BCUT2D eigenvalue weighted by Gasteiger charge is -2.37. The SMILES string of the molecule is CC(C)(C)OC(=O)NC[C@@H]1CCCN(c2c(NC(=O)c3csc(-c4ccnnc4)n3)ccc(Oc3c(F)cc(F)cc3F)c2C(F)(F)F)C1. The molecule has 260 valence electrons. The van der Waals surface area contributed by atoms with Crippen LogP contribution in [-0.2, 0) is 10.9 Å². The number of piperidine rings is 1. The zero-order chi connectivity index (χ0) is 35.5.